The van der Waals surface area contributed by atoms with E-state index in [0.29, 0.717) is 22.5 Å². The third-order valence-corrected chi connectivity index (χ3v) is 3.92. The molecule has 0 radical (unpaired) electrons. The van der Waals surface area contributed by atoms with Crippen molar-refractivity contribution in [2.45, 2.75) is 6.92 Å². The first-order valence-corrected chi connectivity index (χ1v) is 8.11. The molecule has 0 fully saturated rings. The minimum Gasteiger partial charge on any atom is -0.459 e. The Morgan fingerprint density at radius 2 is 1.59 bits per heavy atom. The molecule has 0 aliphatic carbocycles. The molecule has 0 saturated carbocycles. The van der Waals surface area contributed by atoms with Gasteiger partial charge < -0.3 is 20.8 Å². The minimum absolute atomic E-state index is 0.179. The summed E-state index contributed by atoms with van der Waals surface area (Å²) >= 11 is 0. The van der Waals surface area contributed by atoms with Crippen LogP contribution in [-0.4, -0.2) is 17.7 Å². The third-order valence-electron chi connectivity index (χ3n) is 3.92. The van der Waals surface area contributed by atoms with E-state index in [1.807, 2.05) is 6.92 Å². The second kappa shape index (κ2) is 7.57. The van der Waals surface area contributed by atoms with Crippen LogP contribution in [-0.2, 0) is 0 Å². The van der Waals surface area contributed by atoms with Crippen LogP contribution >= 0.6 is 0 Å². The maximum atomic E-state index is 12.5. The smallest absolute Gasteiger partial charge is 0.291 e. The van der Waals surface area contributed by atoms with E-state index in [-0.39, 0.29) is 11.7 Å². The van der Waals surface area contributed by atoms with Crippen molar-refractivity contribution in [1.82, 2.24) is 0 Å². The molecule has 0 aliphatic heterocycles. The van der Waals surface area contributed by atoms with Crippen molar-refractivity contribution in [2.75, 3.05) is 10.6 Å². The largest absolute Gasteiger partial charge is 0.459 e. The van der Waals surface area contributed by atoms with Crippen LogP contribution in [0.15, 0.2) is 65.3 Å². The molecule has 2 aromatic carbocycles. The highest BCUT2D eigenvalue weighted by Gasteiger charge is 2.13. The molecule has 0 unspecified atom stereocenters. The highest BCUT2D eigenvalue weighted by Crippen LogP contribution is 2.19. The van der Waals surface area contributed by atoms with E-state index >= 15 is 0 Å². The average Bonchev–Trinajstić information content (AvgIpc) is 3.18. The van der Waals surface area contributed by atoms with Crippen molar-refractivity contribution in [1.29, 1.82) is 0 Å². The molecule has 7 nitrogen and oxygen atoms in total. The SMILES string of the molecule is Cc1ccc(C(=O)Nc2ccc(C(N)=O)cc2)cc1NC(=O)c1ccco1. The van der Waals surface area contributed by atoms with E-state index in [0.717, 1.165) is 5.56 Å². The summed E-state index contributed by atoms with van der Waals surface area (Å²) in [5.74, 6) is -1.11. The van der Waals surface area contributed by atoms with Gasteiger partial charge in [-0.1, -0.05) is 6.07 Å². The molecule has 1 aromatic heterocycles. The van der Waals surface area contributed by atoms with Gasteiger partial charge in [0.2, 0.25) is 5.91 Å². The number of benzene rings is 2. The van der Waals surface area contributed by atoms with Crippen LogP contribution in [0.3, 0.4) is 0 Å². The number of primary amides is 1. The maximum absolute atomic E-state index is 12.5. The predicted molar refractivity (Wildman–Crippen MR) is 101 cm³/mol. The lowest BCUT2D eigenvalue weighted by Crippen LogP contribution is -2.15. The monoisotopic (exact) mass is 363 g/mol. The van der Waals surface area contributed by atoms with E-state index in [9.17, 15) is 14.4 Å². The third kappa shape index (κ3) is 4.21. The van der Waals surface area contributed by atoms with Crippen LogP contribution in [0, 0.1) is 6.92 Å². The van der Waals surface area contributed by atoms with Crippen molar-refractivity contribution in [3.63, 3.8) is 0 Å². The van der Waals surface area contributed by atoms with Gasteiger partial charge in [-0.15, -0.1) is 0 Å². The van der Waals surface area contributed by atoms with E-state index in [1.54, 1.807) is 42.5 Å². The van der Waals surface area contributed by atoms with Crippen LogP contribution < -0.4 is 16.4 Å². The quantitative estimate of drug-likeness (QED) is 0.646. The number of amides is 3. The van der Waals surface area contributed by atoms with Crippen molar-refractivity contribution >= 4 is 29.1 Å². The summed E-state index contributed by atoms with van der Waals surface area (Å²) in [6, 6.07) is 14.4. The standard InChI is InChI=1S/C20H17N3O4/c1-12-4-5-14(11-16(12)23-20(26)17-3-2-10-27-17)19(25)22-15-8-6-13(7-9-15)18(21)24/h2-11H,1H3,(H2,21,24)(H,22,25)(H,23,26). The van der Waals surface area contributed by atoms with Crippen LogP contribution in [0.5, 0.6) is 0 Å². The Labute approximate surface area is 155 Å². The average molecular weight is 363 g/mol. The number of nitrogens with one attached hydrogen (secondary N) is 2. The highest BCUT2D eigenvalue weighted by atomic mass is 16.3. The Hall–Kier alpha value is -3.87. The summed E-state index contributed by atoms with van der Waals surface area (Å²) in [5, 5.41) is 5.46. The number of nitrogens with two attached hydrogens (primary N) is 1. The zero-order chi connectivity index (χ0) is 19.4. The molecule has 4 N–H and O–H groups in total. The maximum Gasteiger partial charge on any atom is 0.291 e. The lowest BCUT2D eigenvalue weighted by molar-refractivity contribution is 0.0990. The normalized spacial score (nSPS) is 10.3. The number of hydrogen-bond acceptors (Lipinski definition) is 4. The predicted octanol–water partition coefficient (Wildman–Crippen LogP) is 3.19. The Morgan fingerprint density at radius 1 is 0.889 bits per heavy atom. The van der Waals surface area contributed by atoms with Crippen molar-refractivity contribution in [3.05, 3.63) is 83.3 Å². The summed E-state index contributed by atoms with van der Waals surface area (Å²) < 4.78 is 5.07. The molecule has 0 saturated heterocycles. The van der Waals surface area contributed by atoms with Gasteiger partial charge in [-0.25, -0.2) is 0 Å². The van der Waals surface area contributed by atoms with Crippen LogP contribution in [0.2, 0.25) is 0 Å². The first kappa shape index (κ1) is 17.9. The fourth-order valence-corrected chi connectivity index (χ4v) is 2.41. The molecule has 3 rings (SSSR count). The summed E-state index contributed by atoms with van der Waals surface area (Å²) in [6.45, 7) is 1.82. The number of carbonyl (C=O) groups excluding carboxylic acids is 3. The molecule has 3 amide bonds. The number of hydrogen-bond donors (Lipinski definition) is 3. The number of aryl methyl sites for hydroxylation is 1. The number of furan rings is 1. The van der Waals surface area contributed by atoms with Gasteiger partial charge in [0.1, 0.15) is 0 Å². The van der Waals surface area contributed by atoms with Gasteiger partial charge in [0.25, 0.3) is 11.8 Å². The molecule has 0 atom stereocenters. The molecular formula is C20H17N3O4. The minimum atomic E-state index is -0.539. The fourth-order valence-electron chi connectivity index (χ4n) is 2.41. The Morgan fingerprint density at radius 3 is 2.22 bits per heavy atom. The second-order valence-corrected chi connectivity index (χ2v) is 5.86. The van der Waals surface area contributed by atoms with Crippen molar-refractivity contribution in [2.24, 2.45) is 5.73 Å². The zero-order valence-corrected chi connectivity index (χ0v) is 14.5. The van der Waals surface area contributed by atoms with Gasteiger partial charge in [-0.2, -0.15) is 0 Å². The Kier molecular flexibility index (Phi) is 5.03. The molecule has 7 heteroatoms. The summed E-state index contributed by atoms with van der Waals surface area (Å²) in [4.78, 5) is 35.7. The summed E-state index contributed by atoms with van der Waals surface area (Å²) in [6.07, 6.45) is 1.41. The molecule has 1 heterocycles. The van der Waals surface area contributed by atoms with E-state index < -0.39 is 11.8 Å². The molecule has 27 heavy (non-hydrogen) atoms. The van der Waals surface area contributed by atoms with E-state index in [1.165, 1.54) is 18.4 Å². The topological polar surface area (TPSA) is 114 Å². The lowest BCUT2D eigenvalue weighted by atomic mass is 10.1. The molecule has 3 aromatic rings. The first-order chi connectivity index (χ1) is 12.9. The first-order valence-electron chi connectivity index (χ1n) is 8.11. The number of rotatable bonds is 5. The Balaban J connectivity index is 1.75. The van der Waals surface area contributed by atoms with Gasteiger partial charge in [-0.05, 0) is 61.0 Å². The Bertz CT molecular complexity index is 993. The number of anilines is 2. The second-order valence-electron chi connectivity index (χ2n) is 5.86. The summed E-state index contributed by atoms with van der Waals surface area (Å²) in [5.41, 5.74) is 7.75. The van der Waals surface area contributed by atoms with Crippen LogP contribution in [0.4, 0.5) is 11.4 Å². The van der Waals surface area contributed by atoms with Gasteiger partial charge in [0.15, 0.2) is 5.76 Å². The van der Waals surface area contributed by atoms with E-state index in [2.05, 4.69) is 10.6 Å². The van der Waals surface area contributed by atoms with Gasteiger partial charge in [0.05, 0.1) is 6.26 Å². The number of carbonyl (C=O) groups is 3. The van der Waals surface area contributed by atoms with Crippen LogP contribution in [0.1, 0.15) is 36.8 Å². The van der Waals surface area contributed by atoms with Gasteiger partial charge >= 0.3 is 0 Å². The molecular weight excluding hydrogens is 346 g/mol. The summed E-state index contributed by atoms with van der Waals surface area (Å²) in [7, 11) is 0. The lowest BCUT2D eigenvalue weighted by Gasteiger charge is -2.10. The van der Waals surface area contributed by atoms with Crippen molar-refractivity contribution in [3.8, 4) is 0 Å². The fraction of sp³-hybridized carbons (Fsp3) is 0.0500. The van der Waals surface area contributed by atoms with Crippen LogP contribution in [0.25, 0.3) is 0 Å². The van der Waals surface area contributed by atoms with Crippen molar-refractivity contribution < 1.29 is 18.8 Å². The molecule has 0 aliphatic rings. The van der Waals surface area contributed by atoms with Gasteiger partial charge in [0, 0.05) is 22.5 Å². The molecule has 136 valence electrons. The van der Waals surface area contributed by atoms with Gasteiger partial charge in [-0.3, -0.25) is 14.4 Å². The van der Waals surface area contributed by atoms with E-state index in [4.69, 9.17) is 10.2 Å². The molecule has 0 bridgehead atoms. The molecule has 0 spiro atoms. The zero-order valence-electron chi connectivity index (χ0n) is 14.5. The highest BCUT2D eigenvalue weighted by molar-refractivity contribution is 6.07.